The molecular weight excluding hydrogens is 437 g/mol. The van der Waals surface area contributed by atoms with E-state index in [4.69, 9.17) is 0 Å². The Hall–Kier alpha value is -3.76. The van der Waals surface area contributed by atoms with Crippen LogP contribution >= 0.6 is 0 Å². The molecule has 0 bridgehead atoms. The molecule has 32 heavy (non-hydrogen) atoms. The number of halogens is 3. The summed E-state index contributed by atoms with van der Waals surface area (Å²) in [6, 6.07) is 25.8. The summed E-state index contributed by atoms with van der Waals surface area (Å²) >= 11 is 0. The highest BCUT2D eigenvalue weighted by Gasteiger charge is 2.49. The summed E-state index contributed by atoms with van der Waals surface area (Å²) in [6.45, 7) is 0. The summed E-state index contributed by atoms with van der Waals surface area (Å²) in [5.74, 6) is 5.47. The molecule has 0 aliphatic heterocycles. The third-order valence-electron chi connectivity index (χ3n) is 4.68. The third-order valence-corrected chi connectivity index (χ3v) is 5.65. The molecule has 0 unspecified atom stereocenters. The van der Waals surface area contributed by atoms with Crippen molar-refractivity contribution in [2.24, 2.45) is 0 Å². The maximum atomic E-state index is 13.0. The largest absolute Gasteiger partial charge is 0.534 e. The molecule has 0 spiro atoms. The Morgan fingerprint density at radius 1 is 0.719 bits per heavy atom. The van der Waals surface area contributed by atoms with Crippen LogP contribution < -0.4 is 4.18 Å². The van der Waals surface area contributed by atoms with Gasteiger partial charge in [0, 0.05) is 16.7 Å². The van der Waals surface area contributed by atoms with Gasteiger partial charge in [0.1, 0.15) is 0 Å². The molecule has 0 amide bonds. The summed E-state index contributed by atoms with van der Waals surface area (Å²) < 4.78 is 67.2. The molecule has 7 heteroatoms. The predicted octanol–water partition coefficient (Wildman–Crippen LogP) is 6.14. The van der Waals surface area contributed by atoms with Crippen LogP contribution in [0.1, 0.15) is 11.1 Å². The first-order chi connectivity index (χ1) is 15.3. The van der Waals surface area contributed by atoms with Crippen LogP contribution in [-0.2, 0) is 10.1 Å². The second-order valence-corrected chi connectivity index (χ2v) is 8.34. The monoisotopic (exact) mass is 452 g/mol. The lowest BCUT2D eigenvalue weighted by Gasteiger charge is -2.16. The van der Waals surface area contributed by atoms with Crippen molar-refractivity contribution in [1.82, 2.24) is 0 Å². The van der Waals surface area contributed by atoms with Crippen molar-refractivity contribution in [3.8, 4) is 28.7 Å². The highest BCUT2D eigenvalue weighted by Crippen LogP contribution is 2.39. The maximum absolute atomic E-state index is 13.0. The van der Waals surface area contributed by atoms with Gasteiger partial charge in [0.2, 0.25) is 0 Å². The number of alkyl halides is 3. The molecule has 0 atom stereocenters. The molecule has 0 saturated heterocycles. The van der Waals surface area contributed by atoms with Gasteiger partial charge in [0.15, 0.2) is 5.75 Å². The third kappa shape index (κ3) is 4.32. The lowest BCUT2D eigenvalue weighted by atomic mass is 9.94. The number of hydrogen-bond donors (Lipinski definition) is 0. The molecule has 4 rings (SSSR count). The zero-order valence-corrected chi connectivity index (χ0v) is 17.2. The fourth-order valence-electron chi connectivity index (χ4n) is 3.25. The van der Waals surface area contributed by atoms with E-state index in [1.54, 1.807) is 42.5 Å². The van der Waals surface area contributed by atoms with E-state index in [-0.39, 0.29) is 5.56 Å². The molecule has 160 valence electrons. The minimum atomic E-state index is -5.87. The quantitative estimate of drug-likeness (QED) is 0.213. The van der Waals surface area contributed by atoms with Gasteiger partial charge in [-0.15, -0.1) is 0 Å². The van der Waals surface area contributed by atoms with E-state index in [1.807, 2.05) is 36.4 Å². The van der Waals surface area contributed by atoms with Gasteiger partial charge in [-0.05, 0) is 40.6 Å². The summed E-state index contributed by atoms with van der Waals surface area (Å²) in [7, 11) is -5.87. The Balaban J connectivity index is 1.97. The number of fused-ring (bicyclic) bond motifs is 1. The second kappa shape index (κ2) is 8.40. The van der Waals surface area contributed by atoms with Crippen LogP contribution in [0, 0.1) is 11.8 Å². The van der Waals surface area contributed by atoms with Crippen LogP contribution in [0.4, 0.5) is 13.2 Å². The molecular formula is C25H15F3O3S. The molecule has 0 fully saturated rings. The summed E-state index contributed by atoms with van der Waals surface area (Å²) in [5, 5.41) is 1.55. The molecule has 4 aromatic rings. The standard InChI is InChI=1S/C25H15F3O3S/c26-25(27,28)32(29,30)31-23-15-7-12-20(17-16-18-8-2-1-3-9-18)24(23)22-14-6-11-19-10-4-5-13-21(19)22/h1-15H. The zero-order chi connectivity index (χ0) is 22.8. The molecule has 0 saturated carbocycles. The lowest BCUT2D eigenvalue weighted by Crippen LogP contribution is -2.28. The Bertz CT molecular complexity index is 1440. The molecule has 3 nitrogen and oxygen atoms in total. The topological polar surface area (TPSA) is 43.4 Å². The Morgan fingerprint density at radius 3 is 2.12 bits per heavy atom. The Morgan fingerprint density at radius 2 is 1.38 bits per heavy atom. The fourth-order valence-corrected chi connectivity index (χ4v) is 3.72. The first kappa shape index (κ1) is 21.5. The van der Waals surface area contributed by atoms with Gasteiger partial charge >= 0.3 is 15.6 Å². The van der Waals surface area contributed by atoms with Gasteiger partial charge in [-0.2, -0.15) is 21.6 Å². The van der Waals surface area contributed by atoms with Crippen molar-refractivity contribution in [2.45, 2.75) is 5.51 Å². The molecule has 0 aliphatic carbocycles. The molecule has 0 heterocycles. The van der Waals surface area contributed by atoms with E-state index in [9.17, 15) is 21.6 Å². The minimum absolute atomic E-state index is 0.167. The van der Waals surface area contributed by atoms with Crippen molar-refractivity contribution < 1.29 is 25.8 Å². The molecule has 4 aromatic carbocycles. The number of hydrogen-bond acceptors (Lipinski definition) is 3. The summed E-state index contributed by atoms with van der Waals surface area (Å²) in [4.78, 5) is 0. The normalized spacial score (nSPS) is 11.6. The minimum Gasteiger partial charge on any atom is -0.375 e. The first-order valence-corrected chi connectivity index (χ1v) is 10.9. The number of benzene rings is 4. The molecule has 0 N–H and O–H groups in total. The van der Waals surface area contributed by atoms with Crippen LogP contribution in [0.2, 0.25) is 0 Å². The van der Waals surface area contributed by atoms with Crippen molar-refractivity contribution in [3.05, 3.63) is 102 Å². The van der Waals surface area contributed by atoms with Crippen LogP contribution in [0.3, 0.4) is 0 Å². The van der Waals surface area contributed by atoms with E-state index < -0.39 is 21.4 Å². The van der Waals surface area contributed by atoms with Crippen LogP contribution in [0.25, 0.3) is 21.9 Å². The first-order valence-electron chi connectivity index (χ1n) is 9.45. The average Bonchev–Trinajstić information content (AvgIpc) is 2.77. The second-order valence-electron chi connectivity index (χ2n) is 6.80. The summed E-state index contributed by atoms with van der Waals surface area (Å²) in [6.07, 6.45) is 0. The van der Waals surface area contributed by atoms with Gasteiger partial charge in [-0.25, -0.2) is 0 Å². The van der Waals surface area contributed by atoms with E-state index in [0.717, 1.165) is 10.8 Å². The zero-order valence-electron chi connectivity index (χ0n) is 16.4. The predicted molar refractivity (Wildman–Crippen MR) is 117 cm³/mol. The van der Waals surface area contributed by atoms with Crippen molar-refractivity contribution in [2.75, 3.05) is 0 Å². The fraction of sp³-hybridized carbons (Fsp3) is 0.0400. The van der Waals surface area contributed by atoms with E-state index in [0.29, 0.717) is 16.7 Å². The van der Waals surface area contributed by atoms with Crippen molar-refractivity contribution in [1.29, 1.82) is 0 Å². The molecule has 0 aliphatic rings. The lowest BCUT2D eigenvalue weighted by molar-refractivity contribution is -0.0499. The van der Waals surface area contributed by atoms with Gasteiger partial charge in [0.05, 0.1) is 0 Å². The van der Waals surface area contributed by atoms with Crippen LogP contribution in [0.5, 0.6) is 5.75 Å². The van der Waals surface area contributed by atoms with Crippen molar-refractivity contribution >= 4 is 20.9 Å². The SMILES string of the molecule is O=S(=O)(Oc1cccc(C#Cc2ccccc2)c1-c1cccc2ccccc12)C(F)(F)F. The van der Waals surface area contributed by atoms with Crippen molar-refractivity contribution in [3.63, 3.8) is 0 Å². The van der Waals surface area contributed by atoms with E-state index in [2.05, 4.69) is 16.0 Å². The highest BCUT2D eigenvalue weighted by atomic mass is 32.2. The molecule has 0 radical (unpaired) electrons. The smallest absolute Gasteiger partial charge is 0.375 e. The van der Waals surface area contributed by atoms with E-state index >= 15 is 0 Å². The molecule has 0 aromatic heterocycles. The van der Waals surface area contributed by atoms with E-state index in [1.165, 1.54) is 12.1 Å². The van der Waals surface area contributed by atoms with Gasteiger partial charge in [0.25, 0.3) is 0 Å². The number of rotatable bonds is 3. The Labute approximate surface area is 183 Å². The highest BCUT2D eigenvalue weighted by molar-refractivity contribution is 7.88. The summed E-state index contributed by atoms with van der Waals surface area (Å²) in [5.41, 5.74) is -3.85. The maximum Gasteiger partial charge on any atom is 0.534 e. The Kier molecular flexibility index (Phi) is 5.64. The van der Waals surface area contributed by atoms with Gasteiger partial charge < -0.3 is 4.18 Å². The van der Waals surface area contributed by atoms with Crippen LogP contribution in [-0.4, -0.2) is 13.9 Å². The van der Waals surface area contributed by atoms with Gasteiger partial charge in [-0.3, -0.25) is 0 Å². The average molecular weight is 452 g/mol. The van der Waals surface area contributed by atoms with Gasteiger partial charge in [-0.1, -0.05) is 78.6 Å². The van der Waals surface area contributed by atoms with Crippen LogP contribution in [0.15, 0.2) is 91.0 Å².